The van der Waals surface area contributed by atoms with Crippen LogP contribution in [0, 0.1) is 11.8 Å². The molecule has 1 aliphatic heterocycles. The Morgan fingerprint density at radius 2 is 1.96 bits per heavy atom. The standard InChI is InChI=1S/C21H34N4O2.HI/c1-15(2)24(5)13-18-10-8-7-9-17(18)11-23-21(22-4)25-12-16(3)19(14-25)20(26)27-6;/h7-10,15-16,19H,11-14H2,1-6H3,(H,22,23);1H. The molecular weight excluding hydrogens is 467 g/mol. The molecule has 0 aliphatic carbocycles. The van der Waals surface area contributed by atoms with Gasteiger partial charge in [-0.05, 0) is 37.9 Å². The highest BCUT2D eigenvalue weighted by atomic mass is 127. The van der Waals surface area contributed by atoms with E-state index in [-0.39, 0.29) is 41.8 Å². The van der Waals surface area contributed by atoms with Crippen LogP contribution in [0.2, 0.25) is 0 Å². The molecule has 0 saturated carbocycles. The van der Waals surface area contributed by atoms with Gasteiger partial charge >= 0.3 is 5.97 Å². The molecule has 1 aromatic carbocycles. The molecular formula is C21H35IN4O2. The average Bonchev–Trinajstić information content (AvgIpc) is 3.04. The maximum absolute atomic E-state index is 11.9. The summed E-state index contributed by atoms with van der Waals surface area (Å²) >= 11 is 0. The largest absolute Gasteiger partial charge is 0.469 e. The van der Waals surface area contributed by atoms with Crippen LogP contribution in [0.5, 0.6) is 0 Å². The van der Waals surface area contributed by atoms with Crippen LogP contribution in [0.3, 0.4) is 0 Å². The predicted octanol–water partition coefficient (Wildman–Crippen LogP) is 2.96. The van der Waals surface area contributed by atoms with Crippen molar-refractivity contribution in [1.29, 1.82) is 0 Å². The van der Waals surface area contributed by atoms with Gasteiger partial charge in [0.15, 0.2) is 5.96 Å². The fourth-order valence-electron chi connectivity index (χ4n) is 3.44. The number of nitrogens with zero attached hydrogens (tertiary/aromatic N) is 3. The van der Waals surface area contributed by atoms with Crippen molar-refractivity contribution in [3.63, 3.8) is 0 Å². The first kappa shape index (κ1) is 24.7. The van der Waals surface area contributed by atoms with E-state index in [1.807, 2.05) is 0 Å². The van der Waals surface area contributed by atoms with E-state index in [1.165, 1.54) is 18.2 Å². The molecule has 7 heteroatoms. The van der Waals surface area contributed by atoms with Gasteiger partial charge in [-0.2, -0.15) is 0 Å². The normalized spacial score (nSPS) is 19.7. The monoisotopic (exact) mass is 502 g/mol. The zero-order chi connectivity index (χ0) is 20.0. The van der Waals surface area contributed by atoms with Crippen molar-refractivity contribution < 1.29 is 9.53 Å². The van der Waals surface area contributed by atoms with E-state index in [9.17, 15) is 4.79 Å². The zero-order valence-electron chi connectivity index (χ0n) is 17.9. The molecule has 0 spiro atoms. The average molecular weight is 502 g/mol. The smallest absolute Gasteiger partial charge is 0.310 e. The highest BCUT2D eigenvalue weighted by Crippen LogP contribution is 2.24. The van der Waals surface area contributed by atoms with Gasteiger partial charge in [-0.1, -0.05) is 31.2 Å². The van der Waals surface area contributed by atoms with E-state index in [4.69, 9.17) is 4.74 Å². The molecule has 2 rings (SSSR count). The summed E-state index contributed by atoms with van der Waals surface area (Å²) < 4.78 is 4.94. The molecule has 1 heterocycles. The number of aliphatic imine (C=N–C) groups is 1. The number of carbonyl (C=O) groups excluding carboxylic acids is 1. The van der Waals surface area contributed by atoms with E-state index in [1.54, 1.807) is 7.05 Å². The maximum Gasteiger partial charge on any atom is 0.310 e. The van der Waals surface area contributed by atoms with Crippen LogP contribution >= 0.6 is 24.0 Å². The quantitative estimate of drug-likeness (QED) is 0.281. The van der Waals surface area contributed by atoms with Crippen LogP contribution < -0.4 is 5.32 Å². The molecule has 2 unspecified atom stereocenters. The van der Waals surface area contributed by atoms with Crippen LogP contribution in [0.4, 0.5) is 0 Å². The fraction of sp³-hybridized carbons (Fsp3) is 0.619. The third-order valence-corrected chi connectivity index (χ3v) is 5.48. The van der Waals surface area contributed by atoms with E-state index in [0.717, 1.165) is 19.0 Å². The van der Waals surface area contributed by atoms with Crippen LogP contribution in [0.1, 0.15) is 31.9 Å². The minimum atomic E-state index is -0.137. The SMILES string of the molecule is CN=C(NCc1ccccc1CN(C)C(C)C)N1CC(C)C(C(=O)OC)C1.I. The summed E-state index contributed by atoms with van der Waals surface area (Å²) in [5.41, 5.74) is 2.58. The molecule has 0 bridgehead atoms. The third-order valence-electron chi connectivity index (χ3n) is 5.48. The van der Waals surface area contributed by atoms with Crippen molar-refractivity contribution in [2.24, 2.45) is 16.8 Å². The minimum Gasteiger partial charge on any atom is -0.469 e. The first-order valence-corrected chi connectivity index (χ1v) is 9.67. The molecule has 1 aromatic rings. The lowest BCUT2D eigenvalue weighted by molar-refractivity contribution is -0.145. The van der Waals surface area contributed by atoms with Gasteiger partial charge in [0.2, 0.25) is 0 Å². The summed E-state index contributed by atoms with van der Waals surface area (Å²) in [4.78, 5) is 20.9. The van der Waals surface area contributed by atoms with E-state index < -0.39 is 0 Å². The molecule has 28 heavy (non-hydrogen) atoms. The Morgan fingerprint density at radius 3 is 2.54 bits per heavy atom. The zero-order valence-corrected chi connectivity index (χ0v) is 20.3. The van der Waals surface area contributed by atoms with Crippen LogP contribution in [0.25, 0.3) is 0 Å². The number of benzene rings is 1. The Balaban J connectivity index is 0.00000392. The second-order valence-corrected chi connectivity index (χ2v) is 7.69. The van der Waals surface area contributed by atoms with Crippen LogP contribution in [-0.4, -0.2) is 62.1 Å². The van der Waals surface area contributed by atoms with Gasteiger partial charge in [-0.25, -0.2) is 0 Å². The molecule has 0 amide bonds. The van der Waals surface area contributed by atoms with Gasteiger partial charge in [0, 0.05) is 39.3 Å². The summed E-state index contributed by atoms with van der Waals surface area (Å²) in [7, 11) is 5.39. The molecule has 6 nitrogen and oxygen atoms in total. The van der Waals surface area contributed by atoms with E-state index in [0.29, 0.717) is 19.1 Å². The maximum atomic E-state index is 11.9. The van der Waals surface area contributed by atoms with Crippen LogP contribution in [-0.2, 0) is 22.6 Å². The number of rotatable bonds is 6. The van der Waals surface area contributed by atoms with Gasteiger partial charge in [0.25, 0.3) is 0 Å². The Morgan fingerprint density at radius 1 is 1.32 bits per heavy atom. The van der Waals surface area contributed by atoms with Crippen molar-refractivity contribution in [2.45, 2.75) is 39.9 Å². The Kier molecular flexibility index (Phi) is 10.2. The Hall–Kier alpha value is -1.35. The number of hydrogen-bond acceptors (Lipinski definition) is 4. The second-order valence-electron chi connectivity index (χ2n) is 7.69. The number of guanidine groups is 1. The number of ether oxygens (including phenoxy) is 1. The van der Waals surface area contributed by atoms with Crippen LogP contribution in [0.15, 0.2) is 29.3 Å². The number of methoxy groups -OCH3 is 1. The summed E-state index contributed by atoms with van der Waals surface area (Å²) in [6.07, 6.45) is 0. The Labute approximate surface area is 186 Å². The number of nitrogens with one attached hydrogen (secondary N) is 1. The lowest BCUT2D eigenvalue weighted by Crippen LogP contribution is -2.40. The summed E-state index contributed by atoms with van der Waals surface area (Å²) in [6, 6.07) is 9.01. The number of carbonyl (C=O) groups is 1. The second kappa shape index (κ2) is 11.6. The third kappa shape index (κ3) is 6.34. The Bertz CT molecular complexity index is 666. The molecule has 0 aromatic heterocycles. The van der Waals surface area contributed by atoms with Gasteiger partial charge in [-0.3, -0.25) is 14.7 Å². The van der Waals surface area contributed by atoms with Crippen molar-refractivity contribution >= 4 is 35.9 Å². The lowest BCUT2D eigenvalue weighted by Gasteiger charge is -2.24. The molecule has 158 valence electrons. The topological polar surface area (TPSA) is 57.2 Å². The van der Waals surface area contributed by atoms with Gasteiger partial charge in [0.05, 0.1) is 13.0 Å². The first-order chi connectivity index (χ1) is 12.9. The number of esters is 1. The number of halogens is 1. The van der Waals surface area contributed by atoms with E-state index in [2.05, 4.69) is 72.2 Å². The van der Waals surface area contributed by atoms with Crippen molar-refractivity contribution in [1.82, 2.24) is 15.1 Å². The van der Waals surface area contributed by atoms with Gasteiger partial charge < -0.3 is 15.0 Å². The van der Waals surface area contributed by atoms with Crippen molar-refractivity contribution in [2.75, 3.05) is 34.3 Å². The molecule has 0 radical (unpaired) electrons. The van der Waals surface area contributed by atoms with Crippen molar-refractivity contribution in [3.05, 3.63) is 35.4 Å². The first-order valence-electron chi connectivity index (χ1n) is 9.67. The molecule has 1 saturated heterocycles. The minimum absolute atomic E-state index is 0. The summed E-state index contributed by atoms with van der Waals surface area (Å²) in [6.45, 7) is 9.57. The predicted molar refractivity (Wildman–Crippen MR) is 125 cm³/mol. The summed E-state index contributed by atoms with van der Waals surface area (Å²) in [5.74, 6) is 0.853. The molecule has 1 fully saturated rings. The molecule has 2 atom stereocenters. The molecule has 1 aliphatic rings. The van der Waals surface area contributed by atoms with Crippen molar-refractivity contribution in [3.8, 4) is 0 Å². The number of likely N-dealkylation sites (tertiary alicyclic amines) is 1. The molecule has 1 N–H and O–H groups in total. The highest BCUT2D eigenvalue weighted by Gasteiger charge is 2.36. The number of hydrogen-bond donors (Lipinski definition) is 1. The lowest BCUT2D eigenvalue weighted by atomic mass is 9.99. The highest BCUT2D eigenvalue weighted by molar-refractivity contribution is 14.0. The van der Waals surface area contributed by atoms with Gasteiger partial charge in [0.1, 0.15) is 0 Å². The fourth-order valence-corrected chi connectivity index (χ4v) is 3.44. The van der Waals surface area contributed by atoms with Gasteiger partial charge in [-0.15, -0.1) is 24.0 Å². The summed E-state index contributed by atoms with van der Waals surface area (Å²) in [5, 5.41) is 3.47. The van der Waals surface area contributed by atoms with E-state index >= 15 is 0 Å².